The molecule has 3 N–H and O–H groups in total. The van der Waals surface area contributed by atoms with Gasteiger partial charge in [-0.25, -0.2) is 13.1 Å². The highest BCUT2D eigenvalue weighted by molar-refractivity contribution is 7.89. The van der Waals surface area contributed by atoms with Gasteiger partial charge in [0.1, 0.15) is 13.2 Å². The Bertz CT molecular complexity index is 544. The second-order valence-electron chi connectivity index (χ2n) is 3.99. The lowest BCUT2D eigenvalue weighted by molar-refractivity contribution is 0.0988. The van der Waals surface area contributed by atoms with Crippen molar-refractivity contribution in [2.45, 2.75) is 11.0 Å². The van der Waals surface area contributed by atoms with E-state index in [1.165, 1.54) is 18.2 Å². The zero-order valence-electron chi connectivity index (χ0n) is 10.1. The molecule has 1 aliphatic heterocycles. The molecular formula is C11H15NO6S. The summed E-state index contributed by atoms with van der Waals surface area (Å²) in [5.41, 5.74) is 0. The molecule has 0 fully saturated rings. The highest BCUT2D eigenvalue weighted by Gasteiger charge is 2.19. The summed E-state index contributed by atoms with van der Waals surface area (Å²) in [6, 6.07) is 4.27. The monoisotopic (exact) mass is 289 g/mol. The molecule has 1 unspecified atom stereocenters. The lowest BCUT2D eigenvalue weighted by Crippen LogP contribution is -2.34. The first-order chi connectivity index (χ1) is 9.03. The molecule has 0 bridgehead atoms. The maximum Gasteiger partial charge on any atom is 0.240 e. The Morgan fingerprint density at radius 3 is 2.63 bits per heavy atom. The minimum atomic E-state index is -3.76. The number of aliphatic hydroxyl groups excluding tert-OH is 2. The van der Waals surface area contributed by atoms with Crippen LogP contribution in [-0.2, 0) is 10.0 Å². The minimum Gasteiger partial charge on any atom is -0.486 e. The minimum absolute atomic E-state index is 0.0156. The molecule has 7 nitrogen and oxygen atoms in total. The van der Waals surface area contributed by atoms with Crippen molar-refractivity contribution < 1.29 is 28.1 Å². The van der Waals surface area contributed by atoms with Crippen molar-refractivity contribution in [2.24, 2.45) is 0 Å². The molecule has 0 saturated carbocycles. The van der Waals surface area contributed by atoms with Crippen molar-refractivity contribution in [3.05, 3.63) is 18.2 Å². The summed E-state index contributed by atoms with van der Waals surface area (Å²) in [6.07, 6.45) is -1.13. The summed E-state index contributed by atoms with van der Waals surface area (Å²) >= 11 is 0. The number of fused-ring (bicyclic) bond motifs is 1. The Hall–Kier alpha value is -1.35. The molecule has 1 heterocycles. The highest BCUT2D eigenvalue weighted by Crippen LogP contribution is 2.32. The van der Waals surface area contributed by atoms with Gasteiger partial charge in [0.15, 0.2) is 11.5 Å². The van der Waals surface area contributed by atoms with Gasteiger partial charge >= 0.3 is 0 Å². The molecule has 1 atom stereocenters. The van der Waals surface area contributed by atoms with Crippen LogP contribution in [0.3, 0.4) is 0 Å². The molecule has 0 aromatic heterocycles. The summed E-state index contributed by atoms with van der Waals surface area (Å²) in [4.78, 5) is 0.0156. The van der Waals surface area contributed by atoms with Crippen LogP contribution >= 0.6 is 0 Å². The van der Waals surface area contributed by atoms with E-state index in [1.54, 1.807) is 0 Å². The number of nitrogens with one attached hydrogen (secondary N) is 1. The SMILES string of the molecule is O=S(=O)(NCC(O)CO)c1ccc2c(c1)OCCO2. The van der Waals surface area contributed by atoms with Gasteiger partial charge in [-0.15, -0.1) is 0 Å². The Balaban J connectivity index is 2.16. The molecular weight excluding hydrogens is 274 g/mol. The number of hydrogen-bond donors (Lipinski definition) is 3. The average molecular weight is 289 g/mol. The Kier molecular flexibility index (Phi) is 4.25. The number of sulfonamides is 1. The van der Waals surface area contributed by atoms with Crippen molar-refractivity contribution in [1.82, 2.24) is 4.72 Å². The zero-order valence-corrected chi connectivity index (χ0v) is 10.9. The smallest absolute Gasteiger partial charge is 0.240 e. The maximum absolute atomic E-state index is 11.9. The van der Waals surface area contributed by atoms with E-state index < -0.39 is 22.7 Å². The lowest BCUT2D eigenvalue weighted by atomic mass is 10.3. The normalized spacial score (nSPS) is 16.1. The standard InChI is InChI=1S/C11H15NO6S/c13-7-8(14)6-12-19(15,16)9-1-2-10-11(5-9)18-4-3-17-10/h1-2,5,8,12-14H,3-4,6-7H2. The second-order valence-corrected chi connectivity index (χ2v) is 5.76. The van der Waals surface area contributed by atoms with Gasteiger partial charge < -0.3 is 19.7 Å². The van der Waals surface area contributed by atoms with E-state index in [1.807, 2.05) is 0 Å². The molecule has 0 spiro atoms. The van der Waals surface area contributed by atoms with Crippen LogP contribution in [-0.4, -0.2) is 51.1 Å². The van der Waals surface area contributed by atoms with Crippen molar-refractivity contribution in [2.75, 3.05) is 26.4 Å². The molecule has 1 aliphatic rings. The van der Waals surface area contributed by atoms with E-state index in [9.17, 15) is 8.42 Å². The van der Waals surface area contributed by atoms with Crippen molar-refractivity contribution in [3.8, 4) is 11.5 Å². The van der Waals surface area contributed by atoms with E-state index in [2.05, 4.69) is 4.72 Å². The zero-order chi connectivity index (χ0) is 13.9. The van der Waals surface area contributed by atoms with Gasteiger partial charge in [0.05, 0.1) is 17.6 Å². The highest BCUT2D eigenvalue weighted by atomic mass is 32.2. The molecule has 106 valence electrons. The van der Waals surface area contributed by atoms with Crippen LogP contribution in [0.2, 0.25) is 0 Å². The summed E-state index contributed by atoms with van der Waals surface area (Å²) in [5, 5.41) is 17.8. The van der Waals surface area contributed by atoms with Crippen LogP contribution in [0.1, 0.15) is 0 Å². The molecule has 0 radical (unpaired) electrons. The largest absolute Gasteiger partial charge is 0.486 e. The van der Waals surface area contributed by atoms with Gasteiger partial charge in [0.25, 0.3) is 0 Å². The van der Waals surface area contributed by atoms with Gasteiger partial charge in [0.2, 0.25) is 10.0 Å². The lowest BCUT2D eigenvalue weighted by Gasteiger charge is -2.19. The quantitative estimate of drug-likeness (QED) is 0.648. The first kappa shape index (κ1) is 14.1. The molecule has 0 aliphatic carbocycles. The summed E-state index contributed by atoms with van der Waals surface area (Å²) in [6.45, 7) is 0.0319. The van der Waals surface area contributed by atoms with Crippen LogP contribution in [0.5, 0.6) is 11.5 Å². The average Bonchev–Trinajstić information content (AvgIpc) is 2.44. The molecule has 1 aromatic carbocycles. The third-order valence-corrected chi connectivity index (χ3v) is 3.96. The van der Waals surface area contributed by atoms with E-state index in [4.69, 9.17) is 19.7 Å². The third-order valence-electron chi connectivity index (χ3n) is 2.54. The number of aliphatic hydroxyl groups is 2. The van der Waals surface area contributed by atoms with E-state index in [-0.39, 0.29) is 11.4 Å². The van der Waals surface area contributed by atoms with Gasteiger partial charge in [-0.3, -0.25) is 0 Å². The van der Waals surface area contributed by atoms with E-state index >= 15 is 0 Å². The van der Waals surface area contributed by atoms with Crippen molar-refractivity contribution in [3.63, 3.8) is 0 Å². The first-order valence-electron chi connectivity index (χ1n) is 5.71. The van der Waals surface area contributed by atoms with Gasteiger partial charge in [-0.2, -0.15) is 0 Å². The number of hydrogen-bond acceptors (Lipinski definition) is 6. The van der Waals surface area contributed by atoms with Crippen LogP contribution in [0.25, 0.3) is 0 Å². The Labute approximate surface area is 110 Å². The number of ether oxygens (including phenoxy) is 2. The van der Waals surface area contributed by atoms with Gasteiger partial charge in [0, 0.05) is 12.6 Å². The summed E-state index contributed by atoms with van der Waals surface area (Å²) < 4.78 is 36.7. The number of benzene rings is 1. The van der Waals surface area contributed by atoms with Gasteiger partial charge in [-0.05, 0) is 12.1 Å². The maximum atomic E-state index is 11.9. The molecule has 0 saturated heterocycles. The van der Waals surface area contributed by atoms with E-state index in [0.717, 1.165) is 0 Å². The fourth-order valence-corrected chi connectivity index (χ4v) is 2.63. The predicted molar refractivity (Wildman–Crippen MR) is 65.7 cm³/mol. The topological polar surface area (TPSA) is 105 Å². The third kappa shape index (κ3) is 3.35. The molecule has 19 heavy (non-hydrogen) atoms. The van der Waals surface area contributed by atoms with Crippen molar-refractivity contribution in [1.29, 1.82) is 0 Å². The number of rotatable bonds is 5. The summed E-state index contributed by atoms with van der Waals surface area (Å²) in [5.74, 6) is 0.873. The Morgan fingerprint density at radius 2 is 1.95 bits per heavy atom. The molecule has 0 amide bonds. The summed E-state index contributed by atoms with van der Waals surface area (Å²) in [7, 11) is -3.76. The molecule has 1 aromatic rings. The molecule has 8 heteroatoms. The van der Waals surface area contributed by atoms with Crippen LogP contribution in [0, 0.1) is 0 Å². The van der Waals surface area contributed by atoms with Gasteiger partial charge in [-0.1, -0.05) is 0 Å². The van der Waals surface area contributed by atoms with Crippen molar-refractivity contribution >= 4 is 10.0 Å². The van der Waals surface area contributed by atoms with E-state index in [0.29, 0.717) is 24.7 Å². The fraction of sp³-hybridized carbons (Fsp3) is 0.455. The molecule has 2 rings (SSSR count). The van der Waals surface area contributed by atoms with Crippen LogP contribution in [0.15, 0.2) is 23.1 Å². The fourth-order valence-electron chi connectivity index (χ4n) is 1.54. The Morgan fingerprint density at radius 1 is 1.26 bits per heavy atom. The van der Waals surface area contributed by atoms with Crippen LogP contribution < -0.4 is 14.2 Å². The second kappa shape index (κ2) is 5.74. The first-order valence-corrected chi connectivity index (χ1v) is 7.19. The predicted octanol–water partition coefficient (Wildman–Crippen LogP) is -0.911. The van der Waals surface area contributed by atoms with Crippen LogP contribution in [0.4, 0.5) is 0 Å².